The molecular weight excluding hydrogens is 168 g/mol. The van der Waals surface area contributed by atoms with Crippen LogP contribution in [-0.4, -0.2) is 34.7 Å². The average Bonchev–Trinajstić information content (AvgIpc) is 2.31. The van der Waals surface area contributed by atoms with E-state index in [4.69, 9.17) is 5.11 Å². The van der Waals surface area contributed by atoms with Crippen LogP contribution in [0.15, 0.2) is 0 Å². The zero-order valence-corrected chi connectivity index (χ0v) is 6.60. The lowest BCUT2D eigenvalue weighted by atomic mass is 10.4. The molecule has 0 aromatic rings. The number of carbonyl (C=O) groups excluding carboxylic acids is 1. The van der Waals surface area contributed by atoms with Gasteiger partial charge >= 0.3 is 11.9 Å². The molecule has 1 N–H and O–H groups in total. The molecule has 1 rings (SSSR count). The Bertz CT molecular complexity index is 179. The maximum Gasteiger partial charge on any atom is 0.319 e. The number of carbonyl (C=O) groups is 2. The highest BCUT2D eigenvalue weighted by Gasteiger charge is 2.27. The van der Waals surface area contributed by atoms with E-state index >= 15 is 0 Å². The highest BCUT2D eigenvalue weighted by molar-refractivity contribution is 8.01. The zero-order valence-electron chi connectivity index (χ0n) is 5.78. The van der Waals surface area contributed by atoms with Crippen molar-refractivity contribution in [2.75, 3.05) is 12.4 Å². The van der Waals surface area contributed by atoms with Crippen LogP contribution in [0.3, 0.4) is 0 Å². The van der Waals surface area contributed by atoms with Gasteiger partial charge in [0.1, 0.15) is 5.25 Å². The van der Waals surface area contributed by atoms with Crippen molar-refractivity contribution in [3.8, 4) is 0 Å². The van der Waals surface area contributed by atoms with Crippen molar-refractivity contribution in [1.29, 1.82) is 0 Å². The smallest absolute Gasteiger partial charge is 0.319 e. The normalized spacial score (nSPS) is 23.3. The maximum atomic E-state index is 10.8. The molecule has 4 nitrogen and oxygen atoms in total. The first kappa shape index (κ1) is 8.39. The van der Waals surface area contributed by atoms with Crippen LogP contribution in [0, 0.1) is 0 Å². The number of carboxylic acids is 1. The van der Waals surface area contributed by atoms with Crippen molar-refractivity contribution in [1.82, 2.24) is 0 Å². The Morgan fingerprint density at radius 2 is 2.55 bits per heavy atom. The second-order valence-electron chi connectivity index (χ2n) is 2.15. The molecule has 0 aromatic carbocycles. The van der Waals surface area contributed by atoms with Crippen molar-refractivity contribution in [3.63, 3.8) is 0 Å². The van der Waals surface area contributed by atoms with Crippen LogP contribution in [0.4, 0.5) is 0 Å². The molecule has 0 aliphatic carbocycles. The van der Waals surface area contributed by atoms with Gasteiger partial charge < -0.3 is 9.84 Å². The van der Waals surface area contributed by atoms with Crippen LogP contribution in [0.5, 0.6) is 0 Å². The molecule has 0 unspecified atom stereocenters. The summed E-state index contributed by atoms with van der Waals surface area (Å²) in [6.07, 6.45) is 0.636. The van der Waals surface area contributed by atoms with E-state index in [1.165, 1.54) is 0 Å². The molecule has 1 aliphatic heterocycles. The summed E-state index contributed by atoms with van der Waals surface area (Å²) in [7, 11) is 0. The predicted molar refractivity (Wildman–Crippen MR) is 39.5 cm³/mol. The Labute approximate surface area is 67.9 Å². The summed E-state index contributed by atoms with van der Waals surface area (Å²) in [6, 6.07) is 0. The van der Waals surface area contributed by atoms with E-state index in [9.17, 15) is 9.59 Å². The summed E-state index contributed by atoms with van der Waals surface area (Å²) in [6.45, 7) is 0.427. The van der Waals surface area contributed by atoms with Gasteiger partial charge in [0.15, 0.2) is 0 Å². The van der Waals surface area contributed by atoms with Crippen LogP contribution in [-0.2, 0) is 14.3 Å². The molecule has 0 radical (unpaired) electrons. The second-order valence-corrected chi connectivity index (χ2v) is 3.34. The topological polar surface area (TPSA) is 63.6 Å². The number of carboxylic acid groups (broad SMARTS) is 1. The largest absolute Gasteiger partial charge is 0.481 e. The molecule has 0 bridgehead atoms. The van der Waals surface area contributed by atoms with Crippen molar-refractivity contribution in [2.45, 2.75) is 11.7 Å². The number of ether oxygens (including phenoxy) is 1. The third-order valence-electron chi connectivity index (χ3n) is 1.30. The van der Waals surface area contributed by atoms with E-state index in [1.54, 1.807) is 0 Å². The van der Waals surface area contributed by atoms with E-state index < -0.39 is 5.97 Å². The Morgan fingerprint density at radius 1 is 1.82 bits per heavy atom. The molecule has 62 valence electrons. The number of hydrogen-bond donors (Lipinski definition) is 1. The third kappa shape index (κ3) is 2.42. The highest BCUT2D eigenvalue weighted by atomic mass is 32.2. The quantitative estimate of drug-likeness (QED) is 0.619. The van der Waals surface area contributed by atoms with Crippen molar-refractivity contribution >= 4 is 23.7 Å². The first-order valence-electron chi connectivity index (χ1n) is 3.20. The van der Waals surface area contributed by atoms with Gasteiger partial charge in [-0.05, 0) is 0 Å². The van der Waals surface area contributed by atoms with Gasteiger partial charge in [-0.25, -0.2) is 0 Å². The molecule has 0 spiro atoms. The van der Waals surface area contributed by atoms with Crippen LogP contribution in [0.25, 0.3) is 0 Å². The van der Waals surface area contributed by atoms with Gasteiger partial charge in [0.05, 0.1) is 12.4 Å². The Hall–Kier alpha value is -0.710. The lowest BCUT2D eigenvalue weighted by molar-refractivity contribution is -0.137. The minimum Gasteiger partial charge on any atom is -0.481 e. The van der Waals surface area contributed by atoms with E-state index in [-0.39, 0.29) is 17.0 Å². The van der Waals surface area contributed by atoms with Gasteiger partial charge in [-0.15, -0.1) is 11.8 Å². The van der Waals surface area contributed by atoms with Crippen molar-refractivity contribution < 1.29 is 19.4 Å². The zero-order chi connectivity index (χ0) is 8.27. The number of hydrogen-bond acceptors (Lipinski definition) is 4. The van der Waals surface area contributed by atoms with Gasteiger partial charge in [-0.3, -0.25) is 9.59 Å². The van der Waals surface area contributed by atoms with Gasteiger partial charge in [0.2, 0.25) is 0 Å². The lowest BCUT2D eigenvalue weighted by Gasteiger charge is -2.00. The second kappa shape index (κ2) is 3.61. The fourth-order valence-electron chi connectivity index (χ4n) is 0.801. The van der Waals surface area contributed by atoms with Gasteiger partial charge in [-0.2, -0.15) is 0 Å². The summed E-state index contributed by atoms with van der Waals surface area (Å²) in [5.41, 5.74) is 0. The van der Waals surface area contributed by atoms with E-state index in [1.807, 2.05) is 0 Å². The first-order valence-corrected chi connectivity index (χ1v) is 4.25. The summed E-state index contributed by atoms with van der Waals surface area (Å²) in [4.78, 5) is 20.8. The number of aliphatic carboxylic acids is 1. The molecule has 1 saturated heterocycles. The minimum absolute atomic E-state index is 0.0280. The number of cyclic esters (lactones) is 1. The van der Waals surface area contributed by atoms with Gasteiger partial charge in [-0.1, -0.05) is 0 Å². The maximum absolute atomic E-state index is 10.8. The van der Waals surface area contributed by atoms with Crippen LogP contribution >= 0.6 is 11.8 Å². The van der Waals surface area contributed by atoms with Gasteiger partial charge in [0.25, 0.3) is 0 Å². The Morgan fingerprint density at radius 3 is 3.00 bits per heavy atom. The Kier molecular flexibility index (Phi) is 2.76. The average molecular weight is 176 g/mol. The summed E-state index contributed by atoms with van der Waals surface area (Å²) >= 11 is 1.13. The summed E-state index contributed by atoms with van der Waals surface area (Å²) < 4.78 is 4.65. The SMILES string of the molecule is O=C(O)CS[C@@H]1CCOC1=O. The standard InChI is InChI=1S/C6H8O4S/c7-5(8)3-11-4-1-2-10-6(4)9/h4H,1-3H2,(H,7,8)/t4-/m1/s1. The minimum atomic E-state index is -0.894. The number of thioether (sulfide) groups is 1. The molecule has 1 aliphatic rings. The lowest BCUT2D eigenvalue weighted by Crippen LogP contribution is -2.12. The van der Waals surface area contributed by atoms with Crippen molar-refractivity contribution in [2.24, 2.45) is 0 Å². The molecule has 5 heteroatoms. The Balaban J connectivity index is 2.26. The first-order chi connectivity index (χ1) is 5.20. The van der Waals surface area contributed by atoms with E-state index in [2.05, 4.69) is 4.74 Å². The molecule has 11 heavy (non-hydrogen) atoms. The summed E-state index contributed by atoms with van der Waals surface area (Å²) in [5, 5.41) is 8.03. The molecule has 1 heterocycles. The molecule has 1 fully saturated rings. The number of rotatable bonds is 3. The van der Waals surface area contributed by atoms with E-state index in [0.717, 1.165) is 11.8 Å². The fourth-order valence-corrected chi connectivity index (χ4v) is 1.61. The van der Waals surface area contributed by atoms with Crippen molar-refractivity contribution in [3.05, 3.63) is 0 Å². The monoisotopic (exact) mass is 176 g/mol. The summed E-state index contributed by atoms with van der Waals surface area (Å²) in [5.74, 6) is -1.20. The number of esters is 1. The van der Waals surface area contributed by atoms with E-state index in [0.29, 0.717) is 13.0 Å². The van der Waals surface area contributed by atoms with Crippen LogP contribution < -0.4 is 0 Å². The third-order valence-corrected chi connectivity index (χ3v) is 2.54. The molecular formula is C6H8O4S. The van der Waals surface area contributed by atoms with Crippen LogP contribution in [0.1, 0.15) is 6.42 Å². The highest BCUT2D eigenvalue weighted by Crippen LogP contribution is 2.21. The molecule has 0 amide bonds. The predicted octanol–water partition coefficient (Wildman–Crippen LogP) is 0.120. The molecule has 1 atom stereocenters. The molecule has 0 aromatic heterocycles. The fraction of sp³-hybridized carbons (Fsp3) is 0.667. The van der Waals surface area contributed by atoms with Crippen LogP contribution in [0.2, 0.25) is 0 Å². The van der Waals surface area contributed by atoms with Gasteiger partial charge in [0, 0.05) is 6.42 Å². The molecule has 0 saturated carbocycles.